The SMILES string of the molecule is O=S(=O)(NCCC1CCCO1)c1ccc(CNC2CC2)o1. The highest BCUT2D eigenvalue weighted by atomic mass is 32.2. The minimum atomic E-state index is -3.55. The summed E-state index contributed by atoms with van der Waals surface area (Å²) in [4.78, 5) is 0. The lowest BCUT2D eigenvalue weighted by atomic mass is 10.2. The molecule has 2 N–H and O–H groups in total. The summed E-state index contributed by atoms with van der Waals surface area (Å²) < 4.78 is 37.7. The highest BCUT2D eigenvalue weighted by Crippen LogP contribution is 2.20. The maximum absolute atomic E-state index is 12.1. The van der Waals surface area contributed by atoms with Gasteiger partial charge in [0.1, 0.15) is 5.76 Å². The Morgan fingerprint density at radius 2 is 2.10 bits per heavy atom. The van der Waals surface area contributed by atoms with Crippen molar-refractivity contribution in [2.75, 3.05) is 13.2 Å². The van der Waals surface area contributed by atoms with E-state index in [-0.39, 0.29) is 11.2 Å². The second kappa shape index (κ2) is 6.48. The molecule has 2 fully saturated rings. The molecule has 0 spiro atoms. The summed E-state index contributed by atoms with van der Waals surface area (Å²) >= 11 is 0. The topological polar surface area (TPSA) is 80.6 Å². The summed E-state index contributed by atoms with van der Waals surface area (Å²) in [7, 11) is -3.55. The molecular weight excluding hydrogens is 292 g/mol. The minimum Gasteiger partial charge on any atom is -0.447 e. The van der Waals surface area contributed by atoms with Gasteiger partial charge >= 0.3 is 0 Å². The van der Waals surface area contributed by atoms with E-state index >= 15 is 0 Å². The maximum atomic E-state index is 12.1. The second-order valence-electron chi connectivity index (χ2n) is 5.70. The molecule has 1 aliphatic heterocycles. The van der Waals surface area contributed by atoms with Gasteiger partial charge in [0.25, 0.3) is 10.0 Å². The third kappa shape index (κ3) is 4.29. The van der Waals surface area contributed by atoms with Crippen LogP contribution in [-0.2, 0) is 21.3 Å². The Hall–Kier alpha value is -0.890. The van der Waals surface area contributed by atoms with E-state index in [1.54, 1.807) is 6.07 Å². The first-order valence-electron chi connectivity index (χ1n) is 7.57. The molecule has 21 heavy (non-hydrogen) atoms. The molecule has 1 saturated heterocycles. The summed E-state index contributed by atoms with van der Waals surface area (Å²) in [6.07, 6.45) is 5.35. The molecular formula is C14H22N2O4S. The Balaban J connectivity index is 1.48. The molecule has 1 unspecified atom stereocenters. The number of furan rings is 1. The molecule has 118 valence electrons. The number of rotatable bonds is 8. The average Bonchev–Trinajstić information content (AvgIpc) is 2.93. The molecule has 2 heterocycles. The van der Waals surface area contributed by atoms with Crippen LogP contribution in [-0.4, -0.2) is 33.7 Å². The van der Waals surface area contributed by atoms with Crippen molar-refractivity contribution in [3.63, 3.8) is 0 Å². The number of nitrogens with one attached hydrogen (secondary N) is 2. The highest BCUT2D eigenvalue weighted by Gasteiger charge is 2.23. The fourth-order valence-electron chi connectivity index (χ4n) is 2.43. The fourth-order valence-corrected chi connectivity index (χ4v) is 3.42. The fraction of sp³-hybridized carbons (Fsp3) is 0.714. The van der Waals surface area contributed by atoms with Crippen LogP contribution in [0.2, 0.25) is 0 Å². The summed E-state index contributed by atoms with van der Waals surface area (Å²) in [5, 5.41) is 3.28. The van der Waals surface area contributed by atoms with Gasteiger partial charge in [0, 0.05) is 19.2 Å². The lowest BCUT2D eigenvalue weighted by molar-refractivity contribution is 0.105. The molecule has 1 aromatic heterocycles. The van der Waals surface area contributed by atoms with E-state index in [0.29, 0.717) is 31.3 Å². The van der Waals surface area contributed by atoms with E-state index in [1.807, 2.05) is 0 Å². The van der Waals surface area contributed by atoms with Gasteiger partial charge < -0.3 is 14.5 Å². The van der Waals surface area contributed by atoms with Crippen LogP contribution in [0.15, 0.2) is 21.6 Å². The third-order valence-corrected chi connectivity index (χ3v) is 5.16. The van der Waals surface area contributed by atoms with Gasteiger partial charge in [0.2, 0.25) is 5.09 Å². The van der Waals surface area contributed by atoms with Crippen molar-refractivity contribution >= 4 is 10.0 Å². The Bertz CT molecular complexity index is 559. The Morgan fingerprint density at radius 3 is 2.81 bits per heavy atom. The van der Waals surface area contributed by atoms with Crippen LogP contribution in [0.25, 0.3) is 0 Å². The Morgan fingerprint density at radius 1 is 1.24 bits per heavy atom. The molecule has 3 rings (SSSR count). The predicted octanol–water partition coefficient (Wildman–Crippen LogP) is 1.38. The zero-order chi connectivity index (χ0) is 14.7. The van der Waals surface area contributed by atoms with Crippen molar-refractivity contribution in [1.82, 2.24) is 10.0 Å². The van der Waals surface area contributed by atoms with Crippen LogP contribution in [0.5, 0.6) is 0 Å². The van der Waals surface area contributed by atoms with E-state index < -0.39 is 10.0 Å². The largest absolute Gasteiger partial charge is 0.447 e. The summed E-state index contributed by atoms with van der Waals surface area (Å²) in [6.45, 7) is 1.74. The lowest BCUT2D eigenvalue weighted by Gasteiger charge is -2.09. The molecule has 0 radical (unpaired) electrons. The van der Waals surface area contributed by atoms with E-state index in [9.17, 15) is 8.42 Å². The zero-order valence-electron chi connectivity index (χ0n) is 12.0. The van der Waals surface area contributed by atoms with Crippen molar-refractivity contribution in [1.29, 1.82) is 0 Å². The second-order valence-corrected chi connectivity index (χ2v) is 7.40. The summed E-state index contributed by atoms with van der Waals surface area (Å²) in [5.74, 6) is 0.654. The van der Waals surface area contributed by atoms with Crippen LogP contribution < -0.4 is 10.0 Å². The van der Waals surface area contributed by atoms with Crippen molar-refractivity contribution in [2.24, 2.45) is 0 Å². The first kappa shape index (κ1) is 15.0. The van der Waals surface area contributed by atoms with Gasteiger partial charge in [0.15, 0.2) is 0 Å². The smallest absolute Gasteiger partial charge is 0.273 e. The monoisotopic (exact) mass is 314 g/mol. The third-order valence-electron chi connectivity index (χ3n) is 3.83. The van der Waals surface area contributed by atoms with E-state index in [2.05, 4.69) is 10.0 Å². The molecule has 0 bridgehead atoms. The van der Waals surface area contributed by atoms with Gasteiger partial charge in [-0.15, -0.1) is 0 Å². The highest BCUT2D eigenvalue weighted by molar-refractivity contribution is 7.89. The molecule has 1 aliphatic carbocycles. The van der Waals surface area contributed by atoms with E-state index in [4.69, 9.17) is 9.15 Å². The van der Waals surface area contributed by atoms with Crippen LogP contribution in [0.4, 0.5) is 0 Å². The average molecular weight is 314 g/mol. The van der Waals surface area contributed by atoms with Crippen LogP contribution in [0, 0.1) is 0 Å². The summed E-state index contributed by atoms with van der Waals surface area (Å²) in [5.41, 5.74) is 0. The van der Waals surface area contributed by atoms with Gasteiger partial charge in [-0.3, -0.25) is 0 Å². The van der Waals surface area contributed by atoms with Crippen molar-refractivity contribution in [3.8, 4) is 0 Å². The molecule has 6 nitrogen and oxygen atoms in total. The molecule has 2 aliphatic rings. The van der Waals surface area contributed by atoms with Crippen LogP contribution in [0.1, 0.15) is 37.9 Å². The van der Waals surface area contributed by atoms with Gasteiger partial charge in [-0.2, -0.15) is 0 Å². The number of ether oxygens (including phenoxy) is 1. The lowest BCUT2D eigenvalue weighted by Crippen LogP contribution is -2.27. The van der Waals surface area contributed by atoms with Gasteiger partial charge in [-0.05, 0) is 44.2 Å². The molecule has 1 atom stereocenters. The molecule has 0 amide bonds. The molecule has 0 aromatic carbocycles. The Kier molecular flexibility index (Phi) is 4.63. The van der Waals surface area contributed by atoms with Gasteiger partial charge in [0.05, 0.1) is 12.6 Å². The first-order valence-corrected chi connectivity index (χ1v) is 9.05. The molecule has 7 heteroatoms. The number of hydrogen-bond donors (Lipinski definition) is 2. The molecule has 1 aromatic rings. The minimum absolute atomic E-state index is 0.0116. The van der Waals surface area contributed by atoms with E-state index in [1.165, 1.54) is 18.9 Å². The van der Waals surface area contributed by atoms with Gasteiger partial charge in [-0.25, -0.2) is 13.1 Å². The quantitative estimate of drug-likeness (QED) is 0.758. The standard InChI is InChI=1S/C14H22N2O4S/c17-21(18,16-8-7-12-2-1-9-19-12)14-6-5-13(20-14)10-15-11-3-4-11/h5-6,11-12,15-16H,1-4,7-10H2. The molecule has 1 saturated carbocycles. The first-order chi connectivity index (χ1) is 10.1. The maximum Gasteiger partial charge on any atom is 0.273 e. The van der Waals surface area contributed by atoms with Crippen molar-refractivity contribution in [2.45, 2.75) is 55.9 Å². The normalized spacial score (nSPS) is 22.8. The predicted molar refractivity (Wildman–Crippen MR) is 77.3 cm³/mol. The van der Waals surface area contributed by atoms with E-state index in [0.717, 1.165) is 19.4 Å². The Labute approximate surface area is 125 Å². The van der Waals surface area contributed by atoms with Crippen molar-refractivity contribution < 1.29 is 17.6 Å². The van der Waals surface area contributed by atoms with Crippen LogP contribution in [0.3, 0.4) is 0 Å². The van der Waals surface area contributed by atoms with Gasteiger partial charge in [-0.1, -0.05) is 0 Å². The van der Waals surface area contributed by atoms with Crippen LogP contribution >= 0.6 is 0 Å². The number of hydrogen-bond acceptors (Lipinski definition) is 5. The summed E-state index contributed by atoms with van der Waals surface area (Å²) in [6, 6.07) is 3.79. The number of sulfonamides is 1. The van der Waals surface area contributed by atoms with Crippen molar-refractivity contribution in [3.05, 3.63) is 17.9 Å². The zero-order valence-corrected chi connectivity index (χ0v) is 12.8.